The number of alkyl carbamates (subject to hydrolysis) is 1. The van der Waals surface area contributed by atoms with Crippen molar-refractivity contribution in [3.63, 3.8) is 0 Å². The van der Waals surface area contributed by atoms with Crippen molar-refractivity contribution in [2.24, 2.45) is 0 Å². The average molecular weight is 308 g/mol. The van der Waals surface area contributed by atoms with Crippen molar-refractivity contribution in [2.45, 2.75) is 45.9 Å². The number of aryl methyl sites for hydroxylation is 1. The van der Waals surface area contributed by atoms with E-state index < -0.39 is 30.3 Å². The number of carbonyl (C=O) groups excluding carboxylic acids is 2. The van der Waals surface area contributed by atoms with E-state index in [9.17, 15) is 14.7 Å². The van der Waals surface area contributed by atoms with Gasteiger partial charge in [0.1, 0.15) is 11.6 Å². The van der Waals surface area contributed by atoms with Crippen LogP contribution in [0.5, 0.6) is 0 Å². The van der Waals surface area contributed by atoms with E-state index in [2.05, 4.69) is 10.6 Å². The molecule has 0 heterocycles. The van der Waals surface area contributed by atoms with E-state index in [-0.39, 0.29) is 0 Å². The van der Waals surface area contributed by atoms with Crippen molar-refractivity contribution in [1.82, 2.24) is 10.6 Å². The van der Waals surface area contributed by atoms with Crippen LogP contribution in [-0.4, -0.2) is 35.4 Å². The van der Waals surface area contributed by atoms with Crippen molar-refractivity contribution in [3.8, 4) is 0 Å². The highest BCUT2D eigenvalue weighted by Crippen LogP contribution is 2.07. The normalized spacial score (nSPS) is 12.4. The monoisotopic (exact) mass is 308 g/mol. The van der Waals surface area contributed by atoms with Crippen LogP contribution in [0.3, 0.4) is 0 Å². The van der Waals surface area contributed by atoms with E-state index in [0.717, 1.165) is 11.1 Å². The summed E-state index contributed by atoms with van der Waals surface area (Å²) < 4.78 is 5.06. The van der Waals surface area contributed by atoms with Crippen LogP contribution in [-0.2, 0) is 16.1 Å². The lowest BCUT2D eigenvalue weighted by Gasteiger charge is -2.22. The van der Waals surface area contributed by atoms with Gasteiger partial charge in [0, 0.05) is 6.54 Å². The van der Waals surface area contributed by atoms with Crippen molar-refractivity contribution >= 4 is 12.0 Å². The van der Waals surface area contributed by atoms with Crippen molar-refractivity contribution in [1.29, 1.82) is 0 Å². The van der Waals surface area contributed by atoms with Gasteiger partial charge in [-0.3, -0.25) is 4.79 Å². The van der Waals surface area contributed by atoms with Crippen LogP contribution >= 0.6 is 0 Å². The van der Waals surface area contributed by atoms with Gasteiger partial charge >= 0.3 is 6.09 Å². The van der Waals surface area contributed by atoms with Gasteiger partial charge in [-0.15, -0.1) is 0 Å². The fourth-order valence-electron chi connectivity index (χ4n) is 1.78. The summed E-state index contributed by atoms with van der Waals surface area (Å²) in [5, 5.41) is 14.3. The number of rotatable bonds is 5. The Morgan fingerprint density at radius 3 is 2.55 bits per heavy atom. The van der Waals surface area contributed by atoms with Crippen molar-refractivity contribution in [3.05, 3.63) is 35.4 Å². The molecule has 1 atom stereocenters. The SMILES string of the molecule is Cc1cccc(CNC(=O)[C@@H](CO)NC(=O)OC(C)(C)C)c1. The Morgan fingerprint density at radius 2 is 2.00 bits per heavy atom. The first-order chi connectivity index (χ1) is 10.2. The van der Waals surface area contributed by atoms with Crippen LogP contribution in [0.4, 0.5) is 4.79 Å². The van der Waals surface area contributed by atoms with Gasteiger partial charge in [-0.2, -0.15) is 0 Å². The zero-order valence-corrected chi connectivity index (χ0v) is 13.5. The van der Waals surface area contributed by atoms with Gasteiger partial charge in [0.25, 0.3) is 0 Å². The predicted molar refractivity (Wildman–Crippen MR) is 83.3 cm³/mol. The first kappa shape index (κ1) is 18.0. The molecule has 0 saturated carbocycles. The summed E-state index contributed by atoms with van der Waals surface area (Å²) in [5.74, 6) is -0.463. The summed E-state index contributed by atoms with van der Waals surface area (Å²) >= 11 is 0. The standard InChI is InChI=1S/C16H24N2O4/c1-11-6-5-7-12(8-11)9-17-14(20)13(10-19)18-15(21)22-16(2,3)4/h5-8,13,19H,9-10H2,1-4H3,(H,17,20)(H,18,21)/t13-/m1/s1. The first-order valence-electron chi connectivity index (χ1n) is 7.15. The second kappa shape index (κ2) is 7.79. The fourth-order valence-corrected chi connectivity index (χ4v) is 1.78. The van der Waals surface area contributed by atoms with Gasteiger partial charge in [-0.25, -0.2) is 4.79 Å². The van der Waals surface area contributed by atoms with E-state index in [4.69, 9.17) is 4.74 Å². The zero-order chi connectivity index (χ0) is 16.8. The van der Waals surface area contributed by atoms with Gasteiger partial charge < -0.3 is 20.5 Å². The number of hydrogen-bond acceptors (Lipinski definition) is 4. The maximum absolute atomic E-state index is 12.0. The zero-order valence-electron chi connectivity index (χ0n) is 13.5. The lowest BCUT2D eigenvalue weighted by atomic mass is 10.1. The van der Waals surface area contributed by atoms with Crippen LogP contribution in [0.25, 0.3) is 0 Å². The second-order valence-electron chi connectivity index (χ2n) is 6.09. The molecule has 3 N–H and O–H groups in total. The Hall–Kier alpha value is -2.08. The quantitative estimate of drug-likeness (QED) is 0.769. The Balaban J connectivity index is 2.52. The van der Waals surface area contributed by atoms with Gasteiger partial charge in [-0.05, 0) is 33.3 Å². The Labute approximate surface area is 130 Å². The van der Waals surface area contributed by atoms with E-state index in [1.807, 2.05) is 31.2 Å². The molecule has 6 heteroatoms. The van der Waals surface area contributed by atoms with Crippen LogP contribution < -0.4 is 10.6 Å². The summed E-state index contributed by atoms with van der Waals surface area (Å²) in [6.45, 7) is 6.95. The summed E-state index contributed by atoms with van der Waals surface area (Å²) in [4.78, 5) is 23.6. The van der Waals surface area contributed by atoms with Crippen LogP contribution in [0.2, 0.25) is 0 Å². The number of ether oxygens (including phenoxy) is 1. The molecule has 0 aliphatic rings. The molecule has 6 nitrogen and oxygen atoms in total. The molecule has 2 amide bonds. The smallest absolute Gasteiger partial charge is 0.408 e. The molecule has 0 bridgehead atoms. The number of nitrogens with one attached hydrogen (secondary N) is 2. The molecule has 1 aromatic carbocycles. The summed E-state index contributed by atoms with van der Waals surface area (Å²) in [6.07, 6.45) is -0.739. The molecular weight excluding hydrogens is 284 g/mol. The van der Waals surface area contributed by atoms with Crippen LogP contribution in [0, 0.1) is 6.92 Å². The van der Waals surface area contributed by atoms with Gasteiger partial charge in [0.2, 0.25) is 5.91 Å². The molecule has 0 aromatic heterocycles. The van der Waals surface area contributed by atoms with Gasteiger partial charge in [0.15, 0.2) is 0 Å². The molecule has 122 valence electrons. The van der Waals surface area contributed by atoms with Gasteiger partial charge in [-0.1, -0.05) is 29.8 Å². The molecule has 0 fully saturated rings. The molecule has 0 radical (unpaired) electrons. The van der Waals surface area contributed by atoms with E-state index in [0.29, 0.717) is 6.54 Å². The minimum Gasteiger partial charge on any atom is -0.444 e. The molecule has 1 rings (SSSR count). The minimum absolute atomic E-state index is 0.326. The third-order valence-corrected chi connectivity index (χ3v) is 2.74. The number of amides is 2. The highest BCUT2D eigenvalue weighted by atomic mass is 16.6. The Morgan fingerprint density at radius 1 is 1.32 bits per heavy atom. The lowest BCUT2D eigenvalue weighted by Crippen LogP contribution is -2.49. The molecular formula is C16H24N2O4. The van der Waals surface area contributed by atoms with E-state index >= 15 is 0 Å². The van der Waals surface area contributed by atoms with Crippen molar-refractivity contribution < 1.29 is 19.4 Å². The summed E-state index contributed by atoms with van der Waals surface area (Å²) in [6, 6.07) is 6.67. The van der Waals surface area contributed by atoms with Crippen molar-refractivity contribution in [2.75, 3.05) is 6.61 Å². The third-order valence-electron chi connectivity index (χ3n) is 2.74. The van der Waals surface area contributed by atoms with Gasteiger partial charge in [0.05, 0.1) is 6.61 Å². The number of aliphatic hydroxyl groups is 1. The minimum atomic E-state index is -1.04. The third kappa shape index (κ3) is 6.58. The molecule has 0 aliphatic carbocycles. The number of hydrogen-bond donors (Lipinski definition) is 3. The fraction of sp³-hybridized carbons (Fsp3) is 0.500. The number of carbonyl (C=O) groups is 2. The average Bonchev–Trinajstić information content (AvgIpc) is 2.40. The molecule has 0 saturated heterocycles. The molecule has 1 aromatic rings. The van der Waals surface area contributed by atoms with Crippen LogP contribution in [0.15, 0.2) is 24.3 Å². The van der Waals surface area contributed by atoms with E-state index in [1.165, 1.54) is 0 Å². The first-order valence-corrected chi connectivity index (χ1v) is 7.15. The number of benzene rings is 1. The Kier molecular flexibility index (Phi) is 6.37. The highest BCUT2D eigenvalue weighted by Gasteiger charge is 2.23. The predicted octanol–water partition coefficient (Wildman–Crippen LogP) is 1.50. The lowest BCUT2D eigenvalue weighted by molar-refractivity contribution is -0.124. The number of aliphatic hydroxyl groups excluding tert-OH is 1. The molecule has 0 spiro atoms. The summed E-state index contributed by atoms with van der Waals surface area (Å²) in [7, 11) is 0. The molecule has 22 heavy (non-hydrogen) atoms. The highest BCUT2D eigenvalue weighted by molar-refractivity contribution is 5.85. The Bertz CT molecular complexity index is 523. The topological polar surface area (TPSA) is 87.7 Å². The molecule has 0 unspecified atom stereocenters. The maximum Gasteiger partial charge on any atom is 0.408 e. The van der Waals surface area contributed by atoms with Crippen LogP contribution in [0.1, 0.15) is 31.9 Å². The summed E-state index contributed by atoms with van der Waals surface area (Å²) in [5.41, 5.74) is 1.38. The second-order valence-corrected chi connectivity index (χ2v) is 6.09. The molecule has 0 aliphatic heterocycles. The largest absolute Gasteiger partial charge is 0.444 e. The maximum atomic E-state index is 12.0. The van der Waals surface area contributed by atoms with E-state index in [1.54, 1.807) is 20.8 Å².